The van der Waals surface area contributed by atoms with Crippen molar-refractivity contribution in [3.8, 4) is 0 Å². The topological polar surface area (TPSA) is 46.4 Å². The number of hydrogen-bond donors (Lipinski definition) is 0. The van der Waals surface area contributed by atoms with Gasteiger partial charge >= 0.3 is 0 Å². The first-order valence-corrected chi connectivity index (χ1v) is 5.20. The van der Waals surface area contributed by atoms with Crippen LogP contribution < -0.4 is 0 Å². The molecule has 1 aliphatic heterocycles. The molecule has 0 fully saturated rings. The maximum Gasteiger partial charge on any atom is 0.269 e. The fraction of sp³-hybridized carbons (Fsp3) is 0.0769. The molecular formula is C13H12N2O2. The van der Waals surface area contributed by atoms with Gasteiger partial charge in [0.25, 0.3) is 5.69 Å². The Morgan fingerprint density at radius 3 is 2.29 bits per heavy atom. The molecule has 1 heterocycles. The lowest BCUT2D eigenvalue weighted by molar-refractivity contribution is -0.384. The zero-order valence-electron chi connectivity index (χ0n) is 9.41. The van der Waals surface area contributed by atoms with Gasteiger partial charge in [0.2, 0.25) is 0 Å². The summed E-state index contributed by atoms with van der Waals surface area (Å²) in [5.74, 6) is 0. The van der Waals surface area contributed by atoms with Crippen LogP contribution in [-0.4, -0.2) is 16.9 Å². The minimum Gasteiger partial charge on any atom is -0.357 e. The molecule has 4 nitrogen and oxygen atoms in total. The molecule has 1 aromatic rings. The van der Waals surface area contributed by atoms with Crippen molar-refractivity contribution in [2.24, 2.45) is 0 Å². The average Bonchev–Trinajstić information content (AvgIpc) is 2.33. The molecule has 0 radical (unpaired) electrons. The van der Waals surface area contributed by atoms with E-state index in [1.165, 1.54) is 12.1 Å². The summed E-state index contributed by atoms with van der Waals surface area (Å²) in [4.78, 5) is 12.1. The molecule has 0 bridgehead atoms. The zero-order valence-corrected chi connectivity index (χ0v) is 9.41. The fourth-order valence-electron chi connectivity index (χ4n) is 1.49. The van der Waals surface area contributed by atoms with E-state index in [1.54, 1.807) is 12.1 Å². The third kappa shape index (κ3) is 2.81. The molecule has 1 aromatic carbocycles. The monoisotopic (exact) mass is 228 g/mol. The first kappa shape index (κ1) is 11.1. The fourth-order valence-corrected chi connectivity index (χ4v) is 1.49. The molecule has 0 saturated heterocycles. The second kappa shape index (κ2) is 4.65. The quantitative estimate of drug-likeness (QED) is 0.577. The lowest BCUT2D eigenvalue weighted by Gasteiger charge is -2.11. The second-order valence-electron chi connectivity index (χ2n) is 3.79. The van der Waals surface area contributed by atoms with Crippen LogP contribution in [0.5, 0.6) is 0 Å². The molecular weight excluding hydrogens is 216 g/mol. The van der Waals surface area contributed by atoms with Crippen LogP contribution in [0.15, 0.2) is 54.4 Å². The Labute approximate surface area is 99.3 Å². The van der Waals surface area contributed by atoms with Gasteiger partial charge in [-0.15, -0.1) is 0 Å². The van der Waals surface area contributed by atoms with E-state index in [0.29, 0.717) is 0 Å². The largest absolute Gasteiger partial charge is 0.357 e. The van der Waals surface area contributed by atoms with Gasteiger partial charge in [-0.1, -0.05) is 0 Å². The average molecular weight is 228 g/mol. The standard InChI is InChI=1S/C13H12N2O2/c1-14-8-6-12(7-9-14)10-11-2-4-13(5-3-11)15(16)17/h2-10H,1H3. The molecule has 0 unspecified atom stereocenters. The highest BCUT2D eigenvalue weighted by Crippen LogP contribution is 2.16. The Hall–Kier alpha value is -2.36. The highest BCUT2D eigenvalue weighted by Gasteiger charge is 2.03. The van der Waals surface area contributed by atoms with Crippen LogP contribution in [-0.2, 0) is 0 Å². The maximum absolute atomic E-state index is 10.5. The molecule has 1 aliphatic rings. The van der Waals surface area contributed by atoms with Crippen LogP contribution in [0.1, 0.15) is 5.56 Å². The minimum atomic E-state index is -0.397. The van der Waals surface area contributed by atoms with Crippen LogP contribution in [0, 0.1) is 10.1 Å². The Kier molecular flexibility index (Phi) is 3.05. The van der Waals surface area contributed by atoms with Gasteiger partial charge in [0, 0.05) is 31.6 Å². The number of allylic oxidation sites excluding steroid dienone is 3. The molecule has 0 spiro atoms. The van der Waals surface area contributed by atoms with E-state index in [-0.39, 0.29) is 5.69 Å². The van der Waals surface area contributed by atoms with Crippen molar-refractivity contribution in [1.29, 1.82) is 0 Å². The molecule has 2 rings (SSSR count). The van der Waals surface area contributed by atoms with Gasteiger partial charge in [0.15, 0.2) is 0 Å². The summed E-state index contributed by atoms with van der Waals surface area (Å²) in [6.45, 7) is 0. The normalized spacial score (nSPS) is 13.9. The number of nitro benzene ring substituents is 1. The number of non-ortho nitro benzene ring substituents is 1. The predicted molar refractivity (Wildman–Crippen MR) is 67.1 cm³/mol. The van der Waals surface area contributed by atoms with Crippen molar-refractivity contribution in [3.63, 3.8) is 0 Å². The predicted octanol–water partition coefficient (Wildman–Crippen LogP) is 2.95. The molecule has 0 amide bonds. The summed E-state index contributed by atoms with van der Waals surface area (Å²) < 4.78 is 0. The van der Waals surface area contributed by atoms with Gasteiger partial charge in [-0.2, -0.15) is 0 Å². The van der Waals surface area contributed by atoms with Crippen molar-refractivity contribution in [3.05, 3.63) is 70.1 Å². The molecule has 86 valence electrons. The third-order valence-electron chi connectivity index (χ3n) is 2.44. The van der Waals surface area contributed by atoms with Crippen molar-refractivity contribution in [2.75, 3.05) is 7.05 Å². The van der Waals surface area contributed by atoms with Crippen LogP contribution in [0.2, 0.25) is 0 Å². The smallest absolute Gasteiger partial charge is 0.269 e. The summed E-state index contributed by atoms with van der Waals surface area (Å²) in [5, 5.41) is 10.5. The van der Waals surface area contributed by atoms with E-state index in [2.05, 4.69) is 0 Å². The van der Waals surface area contributed by atoms with Gasteiger partial charge in [-0.25, -0.2) is 0 Å². The van der Waals surface area contributed by atoms with E-state index in [1.807, 2.05) is 42.6 Å². The van der Waals surface area contributed by atoms with Gasteiger partial charge < -0.3 is 4.90 Å². The number of benzene rings is 1. The lowest BCUT2D eigenvalue weighted by atomic mass is 10.1. The van der Waals surface area contributed by atoms with E-state index in [4.69, 9.17) is 0 Å². The molecule has 0 atom stereocenters. The summed E-state index contributed by atoms with van der Waals surface area (Å²) in [5.41, 5.74) is 2.13. The van der Waals surface area contributed by atoms with E-state index >= 15 is 0 Å². The Morgan fingerprint density at radius 1 is 1.18 bits per heavy atom. The minimum absolute atomic E-state index is 0.113. The highest BCUT2D eigenvalue weighted by atomic mass is 16.6. The molecule has 0 aromatic heterocycles. The lowest BCUT2D eigenvalue weighted by Crippen LogP contribution is -2.02. The summed E-state index contributed by atoms with van der Waals surface area (Å²) >= 11 is 0. The Bertz CT molecular complexity index is 497. The Balaban J connectivity index is 2.19. The number of nitro groups is 1. The van der Waals surface area contributed by atoms with Crippen molar-refractivity contribution < 1.29 is 4.92 Å². The van der Waals surface area contributed by atoms with Gasteiger partial charge in [-0.3, -0.25) is 10.1 Å². The summed E-state index contributed by atoms with van der Waals surface area (Å²) in [7, 11) is 1.95. The maximum atomic E-state index is 10.5. The molecule has 0 aliphatic carbocycles. The van der Waals surface area contributed by atoms with Gasteiger partial charge in [0.05, 0.1) is 4.92 Å². The van der Waals surface area contributed by atoms with Crippen LogP contribution in [0.4, 0.5) is 5.69 Å². The Morgan fingerprint density at radius 2 is 1.76 bits per heavy atom. The van der Waals surface area contributed by atoms with Crippen LogP contribution in [0.3, 0.4) is 0 Å². The van der Waals surface area contributed by atoms with Crippen molar-refractivity contribution in [1.82, 2.24) is 4.90 Å². The zero-order chi connectivity index (χ0) is 12.3. The van der Waals surface area contributed by atoms with Crippen LogP contribution in [0.25, 0.3) is 6.08 Å². The number of nitrogens with zero attached hydrogens (tertiary/aromatic N) is 2. The molecule has 0 saturated carbocycles. The third-order valence-corrected chi connectivity index (χ3v) is 2.44. The molecule has 4 heteroatoms. The van der Waals surface area contributed by atoms with Crippen molar-refractivity contribution >= 4 is 11.8 Å². The van der Waals surface area contributed by atoms with Crippen LogP contribution >= 0.6 is 0 Å². The van der Waals surface area contributed by atoms with E-state index in [0.717, 1.165) is 11.1 Å². The highest BCUT2D eigenvalue weighted by molar-refractivity contribution is 5.61. The first-order valence-electron chi connectivity index (χ1n) is 5.20. The van der Waals surface area contributed by atoms with E-state index < -0.39 is 4.92 Å². The summed E-state index contributed by atoms with van der Waals surface area (Å²) in [6, 6.07) is 6.50. The summed E-state index contributed by atoms with van der Waals surface area (Å²) in [6.07, 6.45) is 9.86. The van der Waals surface area contributed by atoms with Gasteiger partial charge in [0.1, 0.15) is 0 Å². The number of rotatable bonds is 2. The van der Waals surface area contributed by atoms with Crippen molar-refractivity contribution in [2.45, 2.75) is 0 Å². The van der Waals surface area contributed by atoms with E-state index in [9.17, 15) is 10.1 Å². The first-order chi connectivity index (χ1) is 8.15. The SMILES string of the molecule is CN1C=CC(=Cc2ccc([N+](=O)[O-])cc2)C=C1. The molecule has 0 N–H and O–H groups in total. The number of hydrogen-bond acceptors (Lipinski definition) is 3. The van der Waals surface area contributed by atoms with Gasteiger partial charge in [-0.05, 0) is 41.5 Å². The second-order valence-corrected chi connectivity index (χ2v) is 3.79. The molecule has 17 heavy (non-hydrogen) atoms.